The van der Waals surface area contributed by atoms with E-state index in [1.165, 1.54) is 11.8 Å². The lowest BCUT2D eigenvalue weighted by Crippen LogP contribution is -2.12. The molecule has 0 fully saturated rings. The second-order valence-corrected chi connectivity index (χ2v) is 5.83. The average molecular weight is 398 g/mol. The maximum atomic E-state index is 8.58. The predicted octanol–water partition coefficient (Wildman–Crippen LogP) is 4.59. The van der Waals surface area contributed by atoms with Gasteiger partial charge in [0.2, 0.25) is 0 Å². The second-order valence-electron chi connectivity index (χ2n) is 3.01. The van der Waals surface area contributed by atoms with Crippen molar-refractivity contribution in [1.29, 1.82) is 5.26 Å². The van der Waals surface area contributed by atoms with Crippen LogP contribution in [0.4, 0.5) is 5.69 Å². The van der Waals surface area contributed by atoms with Gasteiger partial charge in [0, 0.05) is 4.47 Å². The Morgan fingerprint density at radius 3 is 2.76 bits per heavy atom. The number of aliphatic imine (C=N–C) groups is 1. The molecule has 0 bridgehead atoms. The Morgan fingerprint density at radius 1 is 1.59 bits per heavy atom. The van der Waals surface area contributed by atoms with Gasteiger partial charge in [-0.15, -0.1) is 0 Å². The molecule has 1 N–H and O–H groups in total. The van der Waals surface area contributed by atoms with Gasteiger partial charge in [-0.05, 0) is 56.7 Å². The topological polar surface area (TPSA) is 48.2 Å². The van der Waals surface area contributed by atoms with E-state index in [1.54, 1.807) is 0 Å². The number of thioether (sulfide) groups is 1. The quantitative estimate of drug-likeness (QED) is 0.248. The fraction of sp³-hybridized carbons (Fsp3) is 0.200. The number of nitrogens with zero attached hydrogens (tertiary/aromatic N) is 2. The molecule has 0 atom stereocenters. The highest BCUT2D eigenvalue weighted by Crippen LogP contribution is 2.40. The number of nitriles is 1. The lowest BCUT2D eigenvalue weighted by atomic mass is 10.2. The highest BCUT2D eigenvalue weighted by atomic mass is 79.9. The fourth-order valence-corrected chi connectivity index (χ4v) is 3.01. The Balaban J connectivity index is 3.33. The molecule has 0 aliphatic carbocycles. The van der Waals surface area contributed by atoms with Crippen LogP contribution in [0.25, 0.3) is 0 Å². The Bertz CT molecular complexity index is 511. The van der Waals surface area contributed by atoms with Crippen LogP contribution in [0.15, 0.2) is 20.0 Å². The molecule has 0 aliphatic rings. The third-order valence-corrected chi connectivity index (χ3v) is 4.72. The number of aryl methyl sites for hydroxylation is 1. The van der Waals surface area contributed by atoms with E-state index >= 15 is 0 Å². The number of benzene rings is 1. The van der Waals surface area contributed by atoms with E-state index in [0.717, 1.165) is 10.0 Å². The van der Waals surface area contributed by atoms with Gasteiger partial charge in [0.05, 0.1) is 15.2 Å². The molecule has 0 heterocycles. The van der Waals surface area contributed by atoms with Gasteiger partial charge in [0.15, 0.2) is 11.4 Å². The largest absolute Gasteiger partial charge is 0.271 e. The molecule has 0 saturated carbocycles. The highest BCUT2D eigenvalue weighted by Gasteiger charge is 2.12. The third kappa shape index (κ3) is 3.62. The van der Waals surface area contributed by atoms with Crippen LogP contribution >= 0.6 is 55.2 Å². The first-order chi connectivity index (χ1) is 8.01. The van der Waals surface area contributed by atoms with Crippen LogP contribution in [-0.4, -0.2) is 11.4 Å². The third-order valence-electron chi connectivity index (χ3n) is 1.90. The number of nitrogens with one attached hydrogen (secondary N) is 1. The SMILES string of the molecule is CSC(=Nc1c(C)cc(Br)c(Cl)c1Br)NC#N. The van der Waals surface area contributed by atoms with Gasteiger partial charge in [-0.25, -0.2) is 4.99 Å². The zero-order valence-electron chi connectivity index (χ0n) is 9.01. The number of amidine groups is 1. The molecule has 17 heavy (non-hydrogen) atoms. The molecule has 1 rings (SSSR count). The lowest BCUT2D eigenvalue weighted by Gasteiger charge is -2.09. The molecule has 0 saturated heterocycles. The summed E-state index contributed by atoms with van der Waals surface area (Å²) >= 11 is 14.2. The molecule has 90 valence electrons. The van der Waals surface area contributed by atoms with E-state index in [0.29, 0.717) is 20.4 Å². The molecule has 0 aromatic heterocycles. The van der Waals surface area contributed by atoms with Crippen LogP contribution in [-0.2, 0) is 0 Å². The predicted molar refractivity (Wildman–Crippen MR) is 80.9 cm³/mol. The van der Waals surface area contributed by atoms with Crippen LogP contribution in [0.5, 0.6) is 0 Å². The number of hydrogen-bond donors (Lipinski definition) is 1. The van der Waals surface area contributed by atoms with E-state index in [9.17, 15) is 0 Å². The Kier molecular flexibility index (Phi) is 5.80. The molecule has 0 radical (unpaired) electrons. The Hall–Kier alpha value is -0.220. The summed E-state index contributed by atoms with van der Waals surface area (Å²) in [7, 11) is 0. The second kappa shape index (κ2) is 6.64. The summed E-state index contributed by atoms with van der Waals surface area (Å²) in [5.41, 5.74) is 1.67. The van der Waals surface area contributed by atoms with Crippen molar-refractivity contribution >= 4 is 66.1 Å². The molecule has 0 aliphatic heterocycles. The summed E-state index contributed by atoms with van der Waals surface area (Å²) in [6, 6.07) is 1.89. The molecule has 7 heteroatoms. The van der Waals surface area contributed by atoms with Crippen molar-refractivity contribution < 1.29 is 0 Å². The summed E-state index contributed by atoms with van der Waals surface area (Å²) in [4.78, 5) is 4.36. The number of rotatable bonds is 1. The normalized spacial score (nSPS) is 11.2. The van der Waals surface area contributed by atoms with E-state index < -0.39 is 0 Å². The molecular formula is C10H8Br2ClN3S. The monoisotopic (exact) mass is 395 g/mol. The average Bonchev–Trinajstić information content (AvgIpc) is 2.30. The van der Waals surface area contributed by atoms with E-state index in [1.807, 2.05) is 25.4 Å². The molecule has 0 amide bonds. The number of hydrogen-bond acceptors (Lipinski definition) is 3. The van der Waals surface area contributed by atoms with E-state index in [-0.39, 0.29) is 0 Å². The van der Waals surface area contributed by atoms with Gasteiger partial charge in [-0.1, -0.05) is 23.4 Å². The van der Waals surface area contributed by atoms with Gasteiger partial charge in [-0.2, -0.15) is 5.26 Å². The minimum atomic E-state index is 0.523. The summed E-state index contributed by atoms with van der Waals surface area (Å²) in [6.07, 6.45) is 3.68. The maximum absolute atomic E-state index is 8.58. The summed E-state index contributed by atoms with van der Waals surface area (Å²) < 4.78 is 1.51. The Labute approximate surface area is 126 Å². The molecule has 1 aromatic rings. The van der Waals surface area contributed by atoms with Crippen molar-refractivity contribution in [1.82, 2.24) is 5.32 Å². The fourth-order valence-electron chi connectivity index (χ4n) is 1.11. The van der Waals surface area contributed by atoms with Gasteiger partial charge in [-0.3, -0.25) is 5.32 Å². The van der Waals surface area contributed by atoms with Crippen molar-refractivity contribution in [3.8, 4) is 6.19 Å². The van der Waals surface area contributed by atoms with E-state index in [4.69, 9.17) is 16.9 Å². The van der Waals surface area contributed by atoms with Gasteiger partial charge in [0.1, 0.15) is 0 Å². The standard InChI is InChI=1S/C10H8Br2ClN3S/c1-5-3-6(11)8(13)7(12)9(5)16-10(17-2)15-4-14/h3H,1-2H3,(H,15,16). The summed E-state index contributed by atoms with van der Waals surface area (Å²) in [5.74, 6) is 0. The van der Waals surface area contributed by atoms with Crippen molar-refractivity contribution in [2.24, 2.45) is 4.99 Å². The van der Waals surface area contributed by atoms with E-state index in [2.05, 4.69) is 42.2 Å². The molecule has 1 aromatic carbocycles. The van der Waals surface area contributed by atoms with Crippen molar-refractivity contribution in [2.45, 2.75) is 6.92 Å². The first-order valence-corrected chi connectivity index (χ1v) is 7.62. The first-order valence-electron chi connectivity index (χ1n) is 4.43. The Morgan fingerprint density at radius 2 is 2.24 bits per heavy atom. The van der Waals surface area contributed by atoms with Crippen molar-refractivity contribution in [3.63, 3.8) is 0 Å². The van der Waals surface area contributed by atoms with Crippen LogP contribution in [0, 0.1) is 18.4 Å². The summed E-state index contributed by atoms with van der Waals surface area (Å²) in [5, 5.41) is 12.2. The van der Waals surface area contributed by atoms with Crippen LogP contribution in [0.1, 0.15) is 5.56 Å². The lowest BCUT2D eigenvalue weighted by molar-refractivity contribution is 1.26. The molecule has 0 spiro atoms. The van der Waals surface area contributed by atoms with Crippen LogP contribution in [0.3, 0.4) is 0 Å². The van der Waals surface area contributed by atoms with Crippen LogP contribution in [0.2, 0.25) is 5.02 Å². The summed E-state index contributed by atoms with van der Waals surface area (Å²) in [6.45, 7) is 1.93. The minimum Gasteiger partial charge on any atom is -0.271 e. The van der Waals surface area contributed by atoms with Crippen molar-refractivity contribution in [3.05, 3.63) is 25.6 Å². The smallest absolute Gasteiger partial charge is 0.183 e. The van der Waals surface area contributed by atoms with Gasteiger partial charge >= 0.3 is 0 Å². The number of halogens is 3. The zero-order chi connectivity index (χ0) is 13.0. The zero-order valence-corrected chi connectivity index (χ0v) is 13.8. The van der Waals surface area contributed by atoms with Gasteiger partial charge < -0.3 is 0 Å². The van der Waals surface area contributed by atoms with Gasteiger partial charge in [0.25, 0.3) is 0 Å². The minimum absolute atomic E-state index is 0.523. The highest BCUT2D eigenvalue weighted by molar-refractivity contribution is 9.11. The van der Waals surface area contributed by atoms with Crippen LogP contribution < -0.4 is 5.32 Å². The molecule has 3 nitrogen and oxygen atoms in total. The first kappa shape index (κ1) is 14.8. The van der Waals surface area contributed by atoms with Crippen molar-refractivity contribution in [2.75, 3.05) is 6.26 Å². The molecule has 0 unspecified atom stereocenters. The molecular weight excluding hydrogens is 389 g/mol. The maximum Gasteiger partial charge on any atom is 0.183 e.